The largest absolute Gasteiger partial charge is 0.496 e. The number of rotatable bonds is 4. The molecule has 0 amide bonds. The van der Waals surface area contributed by atoms with E-state index in [-0.39, 0.29) is 17.0 Å². The molecule has 1 saturated heterocycles. The average Bonchev–Trinajstić information content (AvgIpc) is 2.67. The zero-order valence-electron chi connectivity index (χ0n) is 11.4. The number of carbonyl (C=O) groups is 1. The Kier molecular flexibility index (Phi) is 7.10. The molecule has 0 aliphatic carbocycles. The van der Waals surface area contributed by atoms with Crippen LogP contribution >= 0.6 is 17.0 Å². The van der Waals surface area contributed by atoms with Crippen molar-refractivity contribution in [3.63, 3.8) is 0 Å². The Labute approximate surface area is 125 Å². The number of likely N-dealkylation sites (tertiary alicyclic amines) is 1. The number of nitrogens with zero attached hydrogens (tertiary/aromatic N) is 1. The maximum absolute atomic E-state index is 10.9. The van der Waals surface area contributed by atoms with Crippen molar-refractivity contribution < 1.29 is 9.53 Å². The normalized spacial score (nSPS) is 16.3. The SMILES string of the molecule is Br.COc1ccc(C=O)cc1CN1CCCCCC1. The lowest BCUT2D eigenvalue weighted by Crippen LogP contribution is -2.24. The number of hydrogen-bond donors (Lipinski definition) is 0. The van der Waals surface area contributed by atoms with E-state index in [1.165, 1.54) is 25.7 Å². The molecule has 0 aromatic heterocycles. The molecule has 0 bridgehead atoms. The summed E-state index contributed by atoms with van der Waals surface area (Å²) in [5.74, 6) is 0.879. The Balaban J connectivity index is 0.00000180. The second-order valence-corrected chi connectivity index (χ2v) is 4.88. The van der Waals surface area contributed by atoms with Gasteiger partial charge in [0.2, 0.25) is 0 Å². The fraction of sp³-hybridized carbons (Fsp3) is 0.533. The van der Waals surface area contributed by atoms with Gasteiger partial charge in [-0.2, -0.15) is 0 Å². The fourth-order valence-electron chi connectivity index (χ4n) is 2.53. The minimum atomic E-state index is 0. The minimum absolute atomic E-state index is 0. The van der Waals surface area contributed by atoms with E-state index in [0.29, 0.717) is 0 Å². The third kappa shape index (κ3) is 4.62. The summed E-state index contributed by atoms with van der Waals surface area (Å²) in [5.41, 5.74) is 1.84. The molecule has 1 aliphatic rings. The van der Waals surface area contributed by atoms with Gasteiger partial charge in [0.1, 0.15) is 12.0 Å². The summed E-state index contributed by atoms with van der Waals surface area (Å²) in [5, 5.41) is 0. The molecule has 0 unspecified atom stereocenters. The van der Waals surface area contributed by atoms with Crippen molar-refractivity contribution >= 4 is 23.3 Å². The van der Waals surface area contributed by atoms with Gasteiger partial charge in [0.05, 0.1) is 7.11 Å². The van der Waals surface area contributed by atoms with Gasteiger partial charge < -0.3 is 4.74 Å². The number of benzene rings is 1. The molecule has 0 radical (unpaired) electrons. The standard InChI is InChI=1S/C15H21NO2.BrH/c1-18-15-7-6-13(12-17)10-14(15)11-16-8-4-2-3-5-9-16;/h6-7,10,12H,2-5,8-9,11H2,1H3;1H. The van der Waals surface area contributed by atoms with Gasteiger partial charge >= 0.3 is 0 Å². The quantitative estimate of drug-likeness (QED) is 0.793. The maximum atomic E-state index is 10.9. The molecule has 0 N–H and O–H groups in total. The van der Waals surface area contributed by atoms with E-state index in [1.54, 1.807) is 13.2 Å². The van der Waals surface area contributed by atoms with Crippen LogP contribution in [0.4, 0.5) is 0 Å². The molecule has 0 saturated carbocycles. The van der Waals surface area contributed by atoms with Crippen molar-refractivity contribution in [3.8, 4) is 5.75 Å². The van der Waals surface area contributed by atoms with Crippen molar-refractivity contribution in [1.82, 2.24) is 4.90 Å². The molecule has 1 aliphatic heterocycles. The van der Waals surface area contributed by atoms with E-state index >= 15 is 0 Å². The second-order valence-electron chi connectivity index (χ2n) is 4.88. The van der Waals surface area contributed by atoms with Gasteiger partial charge in [-0.05, 0) is 44.1 Å². The van der Waals surface area contributed by atoms with Gasteiger partial charge in [0, 0.05) is 17.7 Å². The monoisotopic (exact) mass is 327 g/mol. The highest BCUT2D eigenvalue weighted by molar-refractivity contribution is 8.93. The zero-order chi connectivity index (χ0) is 12.8. The summed E-state index contributed by atoms with van der Waals surface area (Å²) in [4.78, 5) is 13.3. The fourth-order valence-corrected chi connectivity index (χ4v) is 2.53. The summed E-state index contributed by atoms with van der Waals surface area (Å²) in [6.45, 7) is 3.17. The first-order valence-electron chi connectivity index (χ1n) is 6.68. The van der Waals surface area contributed by atoms with Crippen LogP contribution in [0.5, 0.6) is 5.75 Å². The average molecular weight is 328 g/mol. The van der Waals surface area contributed by atoms with Crippen LogP contribution in [0.25, 0.3) is 0 Å². The number of aldehydes is 1. The van der Waals surface area contributed by atoms with Gasteiger partial charge in [-0.15, -0.1) is 17.0 Å². The molecule has 1 fully saturated rings. The number of methoxy groups -OCH3 is 1. The molecule has 1 aromatic carbocycles. The van der Waals surface area contributed by atoms with E-state index in [9.17, 15) is 4.79 Å². The lowest BCUT2D eigenvalue weighted by molar-refractivity contribution is 0.112. The molecule has 0 spiro atoms. The Morgan fingerprint density at radius 3 is 2.47 bits per heavy atom. The lowest BCUT2D eigenvalue weighted by atomic mass is 10.1. The van der Waals surface area contributed by atoms with Crippen LogP contribution < -0.4 is 4.74 Å². The molecule has 0 atom stereocenters. The highest BCUT2D eigenvalue weighted by atomic mass is 79.9. The molecular formula is C15H22BrNO2. The Morgan fingerprint density at radius 1 is 1.21 bits per heavy atom. The number of ether oxygens (including phenoxy) is 1. The second kappa shape index (κ2) is 8.33. The Morgan fingerprint density at radius 2 is 1.89 bits per heavy atom. The summed E-state index contributed by atoms with van der Waals surface area (Å²) in [7, 11) is 1.68. The molecule has 19 heavy (non-hydrogen) atoms. The maximum Gasteiger partial charge on any atom is 0.150 e. The van der Waals surface area contributed by atoms with Gasteiger partial charge in [-0.3, -0.25) is 9.69 Å². The van der Waals surface area contributed by atoms with Crippen LogP contribution in [-0.2, 0) is 6.54 Å². The summed E-state index contributed by atoms with van der Waals surface area (Å²) >= 11 is 0. The van der Waals surface area contributed by atoms with Gasteiger partial charge in [-0.1, -0.05) is 12.8 Å². The van der Waals surface area contributed by atoms with Gasteiger partial charge in [-0.25, -0.2) is 0 Å². The van der Waals surface area contributed by atoms with Crippen molar-refractivity contribution in [1.29, 1.82) is 0 Å². The molecule has 4 heteroatoms. The number of carbonyl (C=O) groups excluding carboxylic acids is 1. The van der Waals surface area contributed by atoms with Crippen LogP contribution in [-0.4, -0.2) is 31.4 Å². The third-order valence-corrected chi connectivity index (χ3v) is 3.53. The lowest BCUT2D eigenvalue weighted by Gasteiger charge is -2.21. The van der Waals surface area contributed by atoms with Crippen molar-refractivity contribution in [2.24, 2.45) is 0 Å². The highest BCUT2D eigenvalue weighted by Gasteiger charge is 2.12. The summed E-state index contributed by atoms with van der Waals surface area (Å²) < 4.78 is 5.38. The van der Waals surface area contributed by atoms with E-state index in [0.717, 1.165) is 42.8 Å². The summed E-state index contributed by atoms with van der Waals surface area (Å²) in [6.07, 6.45) is 6.11. The number of hydrogen-bond acceptors (Lipinski definition) is 3. The molecule has 1 aromatic rings. The first-order chi connectivity index (χ1) is 8.83. The molecule has 2 rings (SSSR count). The minimum Gasteiger partial charge on any atom is -0.496 e. The molecule has 3 nitrogen and oxygen atoms in total. The van der Waals surface area contributed by atoms with E-state index in [4.69, 9.17) is 4.74 Å². The Bertz CT molecular complexity index is 401. The molecule has 1 heterocycles. The van der Waals surface area contributed by atoms with Crippen LogP contribution in [0, 0.1) is 0 Å². The number of halogens is 1. The van der Waals surface area contributed by atoms with E-state index < -0.39 is 0 Å². The predicted molar refractivity (Wildman–Crippen MR) is 82.4 cm³/mol. The highest BCUT2D eigenvalue weighted by Crippen LogP contribution is 2.22. The van der Waals surface area contributed by atoms with Crippen molar-refractivity contribution in [2.75, 3.05) is 20.2 Å². The van der Waals surface area contributed by atoms with Crippen LogP contribution in [0.2, 0.25) is 0 Å². The first kappa shape index (κ1) is 16.2. The Hall–Kier alpha value is -0.870. The molecule has 106 valence electrons. The zero-order valence-corrected chi connectivity index (χ0v) is 13.1. The van der Waals surface area contributed by atoms with Crippen LogP contribution in [0.15, 0.2) is 18.2 Å². The van der Waals surface area contributed by atoms with Gasteiger partial charge in [0.25, 0.3) is 0 Å². The van der Waals surface area contributed by atoms with Crippen molar-refractivity contribution in [3.05, 3.63) is 29.3 Å². The topological polar surface area (TPSA) is 29.5 Å². The molecular weight excluding hydrogens is 306 g/mol. The van der Waals surface area contributed by atoms with Crippen molar-refractivity contribution in [2.45, 2.75) is 32.2 Å². The van der Waals surface area contributed by atoms with E-state index in [1.807, 2.05) is 12.1 Å². The van der Waals surface area contributed by atoms with Crippen LogP contribution in [0.3, 0.4) is 0 Å². The van der Waals surface area contributed by atoms with E-state index in [2.05, 4.69) is 4.90 Å². The third-order valence-electron chi connectivity index (χ3n) is 3.53. The van der Waals surface area contributed by atoms with Crippen LogP contribution in [0.1, 0.15) is 41.6 Å². The predicted octanol–water partition coefficient (Wildman–Crippen LogP) is 3.46. The van der Waals surface area contributed by atoms with Gasteiger partial charge in [0.15, 0.2) is 0 Å². The smallest absolute Gasteiger partial charge is 0.150 e. The first-order valence-corrected chi connectivity index (χ1v) is 6.68. The summed E-state index contributed by atoms with van der Waals surface area (Å²) in [6, 6.07) is 5.63.